The molecule has 0 radical (unpaired) electrons. The zero-order chi connectivity index (χ0) is 16.4. The first-order valence-electron chi connectivity index (χ1n) is 6.83. The monoisotopic (exact) mass is 330 g/mol. The van der Waals surface area contributed by atoms with E-state index < -0.39 is 5.91 Å². The number of anilines is 1. The SMILES string of the molecule is Cc1cc(F)ccc1NC(=O)c1cc(-c2ccc(Cl)cc2)on1. The maximum atomic E-state index is 13.1. The van der Waals surface area contributed by atoms with E-state index >= 15 is 0 Å². The van der Waals surface area contributed by atoms with E-state index in [9.17, 15) is 9.18 Å². The average molecular weight is 331 g/mol. The molecule has 0 saturated heterocycles. The van der Waals surface area contributed by atoms with Crippen molar-refractivity contribution in [3.8, 4) is 11.3 Å². The molecule has 0 atom stereocenters. The van der Waals surface area contributed by atoms with Crippen molar-refractivity contribution in [1.82, 2.24) is 5.16 Å². The minimum absolute atomic E-state index is 0.138. The van der Waals surface area contributed by atoms with E-state index in [0.29, 0.717) is 22.0 Å². The smallest absolute Gasteiger partial charge is 0.277 e. The van der Waals surface area contributed by atoms with Gasteiger partial charge in [-0.05, 0) is 55.0 Å². The van der Waals surface area contributed by atoms with Gasteiger partial charge in [-0.15, -0.1) is 0 Å². The van der Waals surface area contributed by atoms with Gasteiger partial charge in [0, 0.05) is 22.3 Å². The Bertz CT molecular complexity index is 859. The number of nitrogens with one attached hydrogen (secondary N) is 1. The first-order valence-corrected chi connectivity index (χ1v) is 7.21. The van der Waals surface area contributed by atoms with Gasteiger partial charge in [-0.25, -0.2) is 4.39 Å². The van der Waals surface area contributed by atoms with Gasteiger partial charge in [0.05, 0.1) is 0 Å². The van der Waals surface area contributed by atoms with Crippen LogP contribution < -0.4 is 5.32 Å². The quantitative estimate of drug-likeness (QED) is 0.757. The maximum Gasteiger partial charge on any atom is 0.277 e. The van der Waals surface area contributed by atoms with Crippen molar-refractivity contribution in [2.24, 2.45) is 0 Å². The second-order valence-electron chi connectivity index (χ2n) is 5.00. The highest BCUT2D eigenvalue weighted by Crippen LogP contribution is 2.23. The Hall–Kier alpha value is -2.66. The largest absolute Gasteiger partial charge is 0.355 e. The summed E-state index contributed by atoms with van der Waals surface area (Å²) in [5, 5.41) is 7.05. The molecule has 1 N–H and O–H groups in total. The fraction of sp³-hybridized carbons (Fsp3) is 0.0588. The molecule has 0 unspecified atom stereocenters. The normalized spacial score (nSPS) is 10.6. The third-order valence-electron chi connectivity index (χ3n) is 3.31. The first-order chi connectivity index (χ1) is 11.0. The Morgan fingerprint density at radius 1 is 1.17 bits per heavy atom. The van der Waals surface area contributed by atoms with E-state index in [-0.39, 0.29) is 11.5 Å². The van der Waals surface area contributed by atoms with Crippen LogP contribution >= 0.6 is 11.6 Å². The van der Waals surface area contributed by atoms with Crippen LogP contribution in [0.25, 0.3) is 11.3 Å². The molecule has 0 spiro atoms. The van der Waals surface area contributed by atoms with E-state index in [0.717, 1.165) is 5.56 Å². The lowest BCUT2D eigenvalue weighted by Crippen LogP contribution is -2.13. The van der Waals surface area contributed by atoms with Gasteiger partial charge >= 0.3 is 0 Å². The molecule has 0 fully saturated rings. The van der Waals surface area contributed by atoms with Crippen molar-refractivity contribution in [3.63, 3.8) is 0 Å². The summed E-state index contributed by atoms with van der Waals surface area (Å²) in [4.78, 5) is 12.2. The van der Waals surface area contributed by atoms with Gasteiger partial charge in [0.1, 0.15) is 5.82 Å². The molecule has 0 aliphatic carbocycles. The lowest BCUT2D eigenvalue weighted by Gasteiger charge is -2.06. The standard InChI is InChI=1S/C17H12ClFN2O2/c1-10-8-13(19)6-7-14(10)20-17(22)15-9-16(23-21-15)11-2-4-12(18)5-3-11/h2-9H,1H3,(H,20,22). The molecule has 0 aliphatic rings. The highest BCUT2D eigenvalue weighted by atomic mass is 35.5. The zero-order valence-corrected chi connectivity index (χ0v) is 12.9. The summed E-state index contributed by atoms with van der Waals surface area (Å²) in [6.07, 6.45) is 0. The van der Waals surface area contributed by atoms with E-state index in [2.05, 4.69) is 10.5 Å². The number of benzene rings is 2. The van der Waals surface area contributed by atoms with Gasteiger partial charge in [-0.1, -0.05) is 16.8 Å². The van der Waals surface area contributed by atoms with E-state index in [1.165, 1.54) is 24.3 Å². The molecule has 2 aromatic carbocycles. The lowest BCUT2D eigenvalue weighted by molar-refractivity contribution is 0.101. The zero-order valence-electron chi connectivity index (χ0n) is 12.1. The number of hydrogen-bond donors (Lipinski definition) is 1. The van der Waals surface area contributed by atoms with Crippen LogP contribution in [-0.4, -0.2) is 11.1 Å². The predicted octanol–water partition coefficient (Wildman–Crippen LogP) is 4.69. The molecule has 0 aliphatic heterocycles. The molecule has 1 heterocycles. The van der Waals surface area contributed by atoms with Crippen LogP contribution in [0.5, 0.6) is 0 Å². The summed E-state index contributed by atoms with van der Waals surface area (Å²) in [5.74, 6) is -0.321. The van der Waals surface area contributed by atoms with Crippen molar-refractivity contribution in [3.05, 3.63) is 70.6 Å². The average Bonchev–Trinajstić information content (AvgIpc) is 3.01. The first kappa shape index (κ1) is 15.2. The molecule has 3 rings (SSSR count). The van der Waals surface area contributed by atoms with E-state index in [1.807, 2.05) is 0 Å². The predicted molar refractivity (Wildman–Crippen MR) is 86.0 cm³/mol. The number of aryl methyl sites for hydroxylation is 1. The van der Waals surface area contributed by atoms with Crippen LogP contribution in [0.4, 0.5) is 10.1 Å². The summed E-state index contributed by atoms with van der Waals surface area (Å²) >= 11 is 5.83. The molecular formula is C17H12ClFN2O2. The summed E-state index contributed by atoms with van der Waals surface area (Å²) in [6, 6.07) is 12.7. The molecule has 4 nitrogen and oxygen atoms in total. The van der Waals surface area contributed by atoms with Gasteiger partial charge < -0.3 is 9.84 Å². The van der Waals surface area contributed by atoms with E-state index in [1.54, 1.807) is 31.2 Å². The Morgan fingerprint density at radius 2 is 1.91 bits per heavy atom. The number of rotatable bonds is 3. The van der Waals surface area contributed by atoms with Crippen LogP contribution in [0.1, 0.15) is 16.1 Å². The topological polar surface area (TPSA) is 55.1 Å². The molecular weight excluding hydrogens is 319 g/mol. The second-order valence-corrected chi connectivity index (χ2v) is 5.43. The van der Waals surface area contributed by atoms with Crippen molar-refractivity contribution in [2.45, 2.75) is 6.92 Å². The third kappa shape index (κ3) is 3.40. The Morgan fingerprint density at radius 3 is 2.61 bits per heavy atom. The highest BCUT2D eigenvalue weighted by molar-refractivity contribution is 6.30. The number of carbonyl (C=O) groups excluding carboxylic acids is 1. The number of carbonyl (C=O) groups is 1. The van der Waals surface area contributed by atoms with E-state index in [4.69, 9.17) is 16.1 Å². The molecule has 1 aromatic heterocycles. The molecule has 23 heavy (non-hydrogen) atoms. The van der Waals surface area contributed by atoms with Crippen LogP contribution in [-0.2, 0) is 0 Å². The fourth-order valence-electron chi connectivity index (χ4n) is 2.09. The van der Waals surface area contributed by atoms with Crippen molar-refractivity contribution in [2.75, 3.05) is 5.32 Å². The summed E-state index contributed by atoms with van der Waals surface area (Å²) in [7, 11) is 0. The molecule has 1 amide bonds. The van der Waals surface area contributed by atoms with Crippen LogP contribution in [0.15, 0.2) is 53.1 Å². The third-order valence-corrected chi connectivity index (χ3v) is 3.56. The van der Waals surface area contributed by atoms with Gasteiger partial charge in [-0.2, -0.15) is 0 Å². The maximum absolute atomic E-state index is 13.1. The number of nitrogens with zero attached hydrogens (tertiary/aromatic N) is 1. The lowest BCUT2D eigenvalue weighted by atomic mass is 10.1. The van der Waals surface area contributed by atoms with Gasteiger partial charge in [0.25, 0.3) is 5.91 Å². The molecule has 3 aromatic rings. The molecule has 116 valence electrons. The van der Waals surface area contributed by atoms with Crippen molar-refractivity contribution in [1.29, 1.82) is 0 Å². The highest BCUT2D eigenvalue weighted by Gasteiger charge is 2.15. The molecule has 6 heteroatoms. The summed E-state index contributed by atoms with van der Waals surface area (Å²) in [5.41, 5.74) is 2.05. The molecule has 0 saturated carbocycles. The number of amides is 1. The van der Waals surface area contributed by atoms with Gasteiger partial charge in [0.2, 0.25) is 0 Å². The number of halogens is 2. The number of aromatic nitrogens is 1. The van der Waals surface area contributed by atoms with Crippen molar-refractivity contribution >= 4 is 23.2 Å². The number of hydrogen-bond acceptors (Lipinski definition) is 3. The Balaban J connectivity index is 1.79. The Labute approximate surface area is 136 Å². The van der Waals surface area contributed by atoms with Crippen molar-refractivity contribution < 1.29 is 13.7 Å². The van der Waals surface area contributed by atoms with Crippen LogP contribution in [0.3, 0.4) is 0 Å². The van der Waals surface area contributed by atoms with Crippen LogP contribution in [0, 0.1) is 12.7 Å². The van der Waals surface area contributed by atoms with Gasteiger partial charge in [-0.3, -0.25) is 4.79 Å². The second kappa shape index (κ2) is 6.22. The minimum Gasteiger partial charge on any atom is -0.355 e. The summed E-state index contributed by atoms with van der Waals surface area (Å²) in [6.45, 7) is 1.71. The Kier molecular flexibility index (Phi) is 4.12. The fourth-order valence-corrected chi connectivity index (χ4v) is 2.21. The molecule has 0 bridgehead atoms. The summed E-state index contributed by atoms with van der Waals surface area (Å²) < 4.78 is 18.3. The van der Waals surface area contributed by atoms with Crippen LogP contribution in [0.2, 0.25) is 5.02 Å². The minimum atomic E-state index is -0.427. The van der Waals surface area contributed by atoms with Gasteiger partial charge in [0.15, 0.2) is 11.5 Å².